The third-order valence-corrected chi connectivity index (χ3v) is 7.02. The summed E-state index contributed by atoms with van der Waals surface area (Å²) in [6, 6.07) is 0. The lowest BCUT2D eigenvalue weighted by atomic mass is 9.70. The van der Waals surface area contributed by atoms with Gasteiger partial charge < -0.3 is 9.47 Å². The molecule has 3 rings (SSSR count). The molecular weight excluding hydrogens is 248 g/mol. The number of rotatable bonds is 5. The summed E-state index contributed by atoms with van der Waals surface area (Å²) in [4.78, 5) is 0. The Morgan fingerprint density at radius 2 is 2.05 bits per heavy atom. The molecule has 3 aliphatic rings. The van der Waals surface area contributed by atoms with E-state index in [9.17, 15) is 0 Å². The summed E-state index contributed by atoms with van der Waals surface area (Å²) >= 11 is 0. The largest absolute Gasteiger partial charge is 0.350 e. The fraction of sp³-hybridized carbons (Fsp3) is 1.00. The molecule has 0 aromatic heterocycles. The molecule has 2 aliphatic carbocycles. The second kappa shape index (κ2) is 4.98. The predicted octanol–water partition coefficient (Wildman–Crippen LogP) is 4.77. The Hall–Kier alpha value is -0.0800. The summed E-state index contributed by atoms with van der Waals surface area (Å²) in [5.74, 6) is 1.59. The second-order valence-corrected chi connectivity index (χ2v) is 8.26. The van der Waals surface area contributed by atoms with Crippen LogP contribution in [0.1, 0.15) is 73.1 Å². The maximum atomic E-state index is 6.39. The highest BCUT2D eigenvalue weighted by Gasteiger charge is 2.69. The van der Waals surface area contributed by atoms with Gasteiger partial charge in [0.15, 0.2) is 6.29 Å². The first-order valence-corrected chi connectivity index (χ1v) is 8.71. The van der Waals surface area contributed by atoms with Gasteiger partial charge in [0.25, 0.3) is 0 Å². The van der Waals surface area contributed by atoms with Gasteiger partial charge in [0.1, 0.15) is 0 Å². The van der Waals surface area contributed by atoms with Crippen molar-refractivity contribution in [3.05, 3.63) is 0 Å². The molecule has 0 spiro atoms. The van der Waals surface area contributed by atoms with E-state index in [4.69, 9.17) is 9.47 Å². The molecule has 1 heterocycles. The minimum Gasteiger partial charge on any atom is -0.350 e. The third-order valence-electron chi connectivity index (χ3n) is 7.02. The van der Waals surface area contributed by atoms with E-state index in [2.05, 4.69) is 34.6 Å². The highest BCUT2D eigenvalue weighted by molar-refractivity contribution is 5.16. The van der Waals surface area contributed by atoms with E-state index in [1.165, 1.54) is 25.7 Å². The molecule has 0 aromatic rings. The van der Waals surface area contributed by atoms with Gasteiger partial charge in [-0.2, -0.15) is 0 Å². The zero-order valence-corrected chi connectivity index (χ0v) is 13.9. The van der Waals surface area contributed by atoms with Gasteiger partial charge in [-0.1, -0.05) is 40.5 Å². The SMILES string of the molecule is CCCC[C@@H](C)O[C@H]1C[C@@H]2[C@H]3CC[C@@](C)([C@@H]2O1)C3(C)C. The molecule has 3 fully saturated rings. The molecule has 0 radical (unpaired) electrons. The normalized spacial score (nSPS) is 46.6. The van der Waals surface area contributed by atoms with Crippen molar-refractivity contribution in [2.75, 3.05) is 0 Å². The number of ether oxygens (including phenoxy) is 2. The Bertz CT molecular complexity index is 364. The Balaban J connectivity index is 1.62. The molecule has 6 atom stereocenters. The van der Waals surface area contributed by atoms with Crippen LogP contribution in [-0.4, -0.2) is 18.5 Å². The van der Waals surface area contributed by atoms with E-state index in [0.29, 0.717) is 23.0 Å². The van der Waals surface area contributed by atoms with Crippen molar-refractivity contribution >= 4 is 0 Å². The number of fused-ring (bicyclic) bond motifs is 5. The van der Waals surface area contributed by atoms with Gasteiger partial charge in [-0.15, -0.1) is 0 Å². The van der Waals surface area contributed by atoms with Crippen molar-refractivity contribution in [2.45, 2.75) is 91.6 Å². The summed E-state index contributed by atoms with van der Waals surface area (Å²) in [6.07, 6.45) is 8.39. The van der Waals surface area contributed by atoms with Gasteiger partial charge in [0.2, 0.25) is 0 Å². The van der Waals surface area contributed by atoms with Gasteiger partial charge in [-0.05, 0) is 48.9 Å². The van der Waals surface area contributed by atoms with Gasteiger partial charge in [-0.3, -0.25) is 0 Å². The zero-order valence-electron chi connectivity index (χ0n) is 13.9. The Labute approximate surface area is 124 Å². The van der Waals surface area contributed by atoms with Crippen molar-refractivity contribution in [3.63, 3.8) is 0 Å². The first-order valence-electron chi connectivity index (χ1n) is 8.71. The van der Waals surface area contributed by atoms with Crippen molar-refractivity contribution in [1.29, 1.82) is 0 Å². The lowest BCUT2D eigenvalue weighted by molar-refractivity contribution is -0.183. The first kappa shape index (κ1) is 14.8. The quantitative estimate of drug-likeness (QED) is 0.722. The van der Waals surface area contributed by atoms with Crippen molar-refractivity contribution < 1.29 is 9.47 Å². The molecule has 20 heavy (non-hydrogen) atoms. The lowest BCUT2D eigenvalue weighted by Crippen LogP contribution is -2.38. The number of hydrogen-bond donors (Lipinski definition) is 0. The fourth-order valence-electron chi connectivity index (χ4n) is 5.39. The van der Waals surface area contributed by atoms with Crippen LogP contribution >= 0.6 is 0 Å². The van der Waals surface area contributed by atoms with Crippen LogP contribution in [0.2, 0.25) is 0 Å². The maximum Gasteiger partial charge on any atom is 0.158 e. The predicted molar refractivity (Wildman–Crippen MR) is 81.5 cm³/mol. The van der Waals surface area contributed by atoms with Crippen LogP contribution in [0.3, 0.4) is 0 Å². The Kier molecular flexibility index (Phi) is 3.70. The van der Waals surface area contributed by atoms with E-state index in [1.54, 1.807) is 0 Å². The summed E-state index contributed by atoms with van der Waals surface area (Å²) < 4.78 is 12.6. The minimum atomic E-state index is 0.0629. The highest BCUT2D eigenvalue weighted by atomic mass is 16.7. The molecule has 0 amide bonds. The van der Waals surface area contributed by atoms with E-state index >= 15 is 0 Å². The molecule has 1 aliphatic heterocycles. The van der Waals surface area contributed by atoms with E-state index in [-0.39, 0.29) is 6.29 Å². The first-order chi connectivity index (χ1) is 9.40. The van der Waals surface area contributed by atoms with Crippen molar-refractivity contribution in [1.82, 2.24) is 0 Å². The van der Waals surface area contributed by atoms with E-state index < -0.39 is 0 Å². The smallest absolute Gasteiger partial charge is 0.158 e. The van der Waals surface area contributed by atoms with Crippen LogP contribution in [0.25, 0.3) is 0 Å². The third kappa shape index (κ3) is 1.98. The van der Waals surface area contributed by atoms with Crippen LogP contribution < -0.4 is 0 Å². The monoisotopic (exact) mass is 280 g/mol. The molecule has 2 nitrogen and oxygen atoms in total. The Morgan fingerprint density at radius 3 is 2.70 bits per heavy atom. The summed E-state index contributed by atoms with van der Waals surface area (Å²) in [6.45, 7) is 11.8. The summed E-state index contributed by atoms with van der Waals surface area (Å²) in [5, 5.41) is 0. The molecular formula is C18H32O2. The number of unbranched alkanes of at least 4 members (excludes halogenated alkanes) is 1. The standard InChI is InChI=1S/C18H32O2/c1-6-7-8-12(2)19-15-11-13-14-9-10-18(5,16(13)20-15)17(14,3)4/h12-16H,6-11H2,1-5H3/t12-,13-,14-,15-,16-,18+/m1/s1. The molecule has 2 saturated carbocycles. The molecule has 2 heteroatoms. The van der Waals surface area contributed by atoms with Crippen LogP contribution in [0.15, 0.2) is 0 Å². The summed E-state index contributed by atoms with van der Waals surface area (Å²) in [7, 11) is 0. The Morgan fingerprint density at radius 1 is 1.30 bits per heavy atom. The van der Waals surface area contributed by atoms with E-state index in [1.807, 2.05) is 0 Å². The fourth-order valence-corrected chi connectivity index (χ4v) is 5.39. The lowest BCUT2D eigenvalue weighted by Gasteiger charge is -2.38. The van der Waals surface area contributed by atoms with Gasteiger partial charge in [-0.25, -0.2) is 0 Å². The maximum absolute atomic E-state index is 6.39. The average Bonchev–Trinajstić information content (AvgIpc) is 2.93. The topological polar surface area (TPSA) is 18.5 Å². The van der Waals surface area contributed by atoms with Gasteiger partial charge >= 0.3 is 0 Å². The van der Waals surface area contributed by atoms with Crippen LogP contribution in [0.4, 0.5) is 0 Å². The second-order valence-electron chi connectivity index (χ2n) is 8.26. The van der Waals surface area contributed by atoms with Gasteiger partial charge in [0, 0.05) is 6.42 Å². The molecule has 116 valence electrons. The van der Waals surface area contributed by atoms with Crippen molar-refractivity contribution in [3.8, 4) is 0 Å². The average molecular weight is 280 g/mol. The molecule has 1 saturated heterocycles. The summed E-state index contributed by atoms with van der Waals surface area (Å²) in [5.41, 5.74) is 0.814. The van der Waals surface area contributed by atoms with Crippen LogP contribution in [-0.2, 0) is 9.47 Å². The van der Waals surface area contributed by atoms with Crippen molar-refractivity contribution in [2.24, 2.45) is 22.7 Å². The zero-order chi connectivity index (χ0) is 14.5. The van der Waals surface area contributed by atoms with Crippen LogP contribution in [0.5, 0.6) is 0 Å². The molecule has 2 bridgehead atoms. The van der Waals surface area contributed by atoms with E-state index in [0.717, 1.165) is 24.7 Å². The highest BCUT2D eigenvalue weighted by Crippen LogP contribution is 2.71. The molecule has 0 unspecified atom stereocenters. The van der Waals surface area contributed by atoms with Gasteiger partial charge in [0.05, 0.1) is 12.2 Å². The van der Waals surface area contributed by atoms with Crippen LogP contribution in [0, 0.1) is 22.7 Å². The minimum absolute atomic E-state index is 0.0629. The molecule has 0 N–H and O–H groups in total. The molecule has 0 aromatic carbocycles. The number of hydrogen-bond acceptors (Lipinski definition) is 2.